The molecule has 0 bridgehead atoms. The molecule has 0 aromatic heterocycles. The van der Waals surface area contributed by atoms with E-state index in [2.05, 4.69) is 17.4 Å². The van der Waals surface area contributed by atoms with Gasteiger partial charge in [0.05, 0.1) is 7.11 Å². The van der Waals surface area contributed by atoms with Gasteiger partial charge in [0.15, 0.2) is 0 Å². The first-order valence-electron chi connectivity index (χ1n) is 5.19. The van der Waals surface area contributed by atoms with E-state index in [0.717, 1.165) is 13.0 Å². The van der Waals surface area contributed by atoms with E-state index in [1.165, 1.54) is 18.2 Å². The molecular formula is C12H13NO2. The first-order valence-corrected chi connectivity index (χ1v) is 5.19. The molecule has 0 amide bonds. The van der Waals surface area contributed by atoms with Gasteiger partial charge >= 0.3 is 5.97 Å². The fourth-order valence-corrected chi connectivity index (χ4v) is 2.60. The van der Waals surface area contributed by atoms with Crippen LogP contribution in [0.1, 0.15) is 23.5 Å². The summed E-state index contributed by atoms with van der Waals surface area (Å²) in [5.74, 6) is 0.192. The third kappa shape index (κ3) is 1.07. The number of fused-ring (bicyclic) bond motifs is 3. The maximum atomic E-state index is 11.7. The summed E-state index contributed by atoms with van der Waals surface area (Å²) >= 11 is 0. The van der Waals surface area contributed by atoms with Gasteiger partial charge in [0, 0.05) is 12.5 Å². The van der Waals surface area contributed by atoms with E-state index in [1.807, 2.05) is 12.1 Å². The molecule has 1 aliphatic heterocycles. The molecule has 3 rings (SSSR count). The van der Waals surface area contributed by atoms with Crippen molar-refractivity contribution >= 4 is 5.97 Å². The zero-order chi connectivity index (χ0) is 10.5. The molecule has 1 heterocycles. The van der Waals surface area contributed by atoms with Crippen LogP contribution < -0.4 is 5.32 Å². The minimum absolute atomic E-state index is 0.123. The zero-order valence-corrected chi connectivity index (χ0v) is 8.62. The molecule has 2 aliphatic rings. The lowest BCUT2D eigenvalue weighted by Gasteiger charge is -2.23. The lowest BCUT2D eigenvalue weighted by atomic mass is 9.96. The van der Waals surface area contributed by atoms with Gasteiger partial charge in [0.25, 0.3) is 0 Å². The molecule has 15 heavy (non-hydrogen) atoms. The van der Waals surface area contributed by atoms with Crippen LogP contribution in [0.5, 0.6) is 0 Å². The van der Waals surface area contributed by atoms with Crippen molar-refractivity contribution in [2.24, 2.45) is 0 Å². The summed E-state index contributed by atoms with van der Waals surface area (Å²) in [4.78, 5) is 11.7. The van der Waals surface area contributed by atoms with Crippen LogP contribution in [0.3, 0.4) is 0 Å². The highest BCUT2D eigenvalue weighted by atomic mass is 16.5. The summed E-state index contributed by atoms with van der Waals surface area (Å²) in [6.07, 6.45) is 0.872. The predicted molar refractivity (Wildman–Crippen MR) is 55.4 cm³/mol. The number of rotatable bonds is 1. The number of benzene rings is 1. The summed E-state index contributed by atoms with van der Waals surface area (Å²) in [5.41, 5.74) is 2.20. The lowest BCUT2D eigenvalue weighted by molar-refractivity contribution is -0.144. The molecule has 1 N–H and O–H groups in total. The number of nitrogens with one attached hydrogen (secondary N) is 1. The third-order valence-electron chi connectivity index (χ3n) is 3.54. The van der Waals surface area contributed by atoms with Crippen molar-refractivity contribution in [2.75, 3.05) is 7.11 Å². The quantitative estimate of drug-likeness (QED) is 0.697. The number of carbonyl (C=O) groups is 1. The van der Waals surface area contributed by atoms with E-state index in [-0.39, 0.29) is 5.97 Å². The number of ether oxygens (including phenoxy) is 1. The number of carbonyl (C=O) groups excluding carboxylic acids is 1. The van der Waals surface area contributed by atoms with Crippen LogP contribution in [0.2, 0.25) is 0 Å². The Labute approximate surface area is 88.4 Å². The molecular weight excluding hydrogens is 190 g/mol. The molecule has 0 unspecified atom stereocenters. The highest BCUT2D eigenvalue weighted by Gasteiger charge is 2.63. The van der Waals surface area contributed by atoms with Gasteiger partial charge in [0.2, 0.25) is 0 Å². The molecule has 0 spiro atoms. The van der Waals surface area contributed by atoms with Gasteiger partial charge in [-0.3, -0.25) is 10.1 Å². The largest absolute Gasteiger partial charge is 0.468 e. The second kappa shape index (κ2) is 2.83. The topological polar surface area (TPSA) is 38.3 Å². The number of hydrogen-bond donors (Lipinski definition) is 1. The van der Waals surface area contributed by atoms with Crippen LogP contribution in [0.15, 0.2) is 24.3 Å². The Balaban J connectivity index is 1.98. The minimum atomic E-state index is -0.414. The molecule has 3 nitrogen and oxygen atoms in total. The molecule has 1 aromatic rings. The van der Waals surface area contributed by atoms with E-state index in [4.69, 9.17) is 4.74 Å². The molecule has 3 heteroatoms. The molecule has 0 saturated heterocycles. The van der Waals surface area contributed by atoms with Crippen molar-refractivity contribution in [1.82, 2.24) is 5.32 Å². The number of esters is 1. The molecule has 2 atom stereocenters. The van der Waals surface area contributed by atoms with E-state index >= 15 is 0 Å². The van der Waals surface area contributed by atoms with Gasteiger partial charge in [-0.15, -0.1) is 0 Å². The van der Waals surface area contributed by atoms with Gasteiger partial charge in [0.1, 0.15) is 5.54 Å². The van der Waals surface area contributed by atoms with Crippen molar-refractivity contribution in [1.29, 1.82) is 0 Å². The van der Waals surface area contributed by atoms with Crippen LogP contribution in [0, 0.1) is 0 Å². The third-order valence-corrected chi connectivity index (χ3v) is 3.54. The molecule has 1 saturated carbocycles. The van der Waals surface area contributed by atoms with E-state index in [1.54, 1.807) is 0 Å². The van der Waals surface area contributed by atoms with E-state index < -0.39 is 5.54 Å². The van der Waals surface area contributed by atoms with Crippen molar-refractivity contribution in [3.63, 3.8) is 0 Å². The summed E-state index contributed by atoms with van der Waals surface area (Å²) in [6.45, 7) is 0.766. The van der Waals surface area contributed by atoms with Crippen molar-refractivity contribution < 1.29 is 9.53 Å². The van der Waals surface area contributed by atoms with Crippen LogP contribution in [0.4, 0.5) is 0 Å². The highest BCUT2D eigenvalue weighted by molar-refractivity contribution is 5.87. The van der Waals surface area contributed by atoms with Gasteiger partial charge in [-0.1, -0.05) is 24.3 Å². The molecule has 78 valence electrons. The molecule has 0 radical (unpaired) electrons. The average Bonchev–Trinajstić information content (AvgIpc) is 3.04. The van der Waals surface area contributed by atoms with Crippen molar-refractivity contribution in [3.8, 4) is 0 Å². The maximum Gasteiger partial charge on any atom is 0.326 e. The van der Waals surface area contributed by atoms with Crippen LogP contribution >= 0.6 is 0 Å². The normalized spacial score (nSPS) is 31.4. The second-order valence-corrected chi connectivity index (χ2v) is 4.27. The Morgan fingerprint density at radius 3 is 3.13 bits per heavy atom. The van der Waals surface area contributed by atoms with Gasteiger partial charge in [-0.2, -0.15) is 0 Å². The first kappa shape index (κ1) is 8.92. The fourth-order valence-electron chi connectivity index (χ4n) is 2.60. The number of hydrogen-bond acceptors (Lipinski definition) is 3. The zero-order valence-electron chi connectivity index (χ0n) is 8.62. The standard InChI is InChI=1S/C12H13NO2/c1-15-11(14)12-6-10(12)9-5-3-2-4-8(9)7-13-12/h2-5,10,13H,6-7H2,1H3/t10-,12-/m0/s1. The van der Waals surface area contributed by atoms with Crippen LogP contribution in [0.25, 0.3) is 0 Å². The lowest BCUT2D eigenvalue weighted by Crippen LogP contribution is -2.43. The van der Waals surface area contributed by atoms with Crippen LogP contribution in [-0.4, -0.2) is 18.6 Å². The van der Waals surface area contributed by atoms with Crippen molar-refractivity contribution in [3.05, 3.63) is 35.4 Å². The molecule has 1 aliphatic carbocycles. The monoisotopic (exact) mass is 203 g/mol. The summed E-state index contributed by atoms with van der Waals surface area (Å²) < 4.78 is 4.85. The molecule has 1 fully saturated rings. The minimum Gasteiger partial charge on any atom is -0.468 e. The average molecular weight is 203 g/mol. The number of methoxy groups -OCH3 is 1. The van der Waals surface area contributed by atoms with Crippen molar-refractivity contribution in [2.45, 2.75) is 24.4 Å². The van der Waals surface area contributed by atoms with E-state index in [0.29, 0.717) is 5.92 Å². The van der Waals surface area contributed by atoms with Gasteiger partial charge in [-0.05, 0) is 17.5 Å². The fraction of sp³-hybridized carbons (Fsp3) is 0.417. The summed E-state index contributed by atoms with van der Waals surface area (Å²) in [6, 6.07) is 8.30. The molecule has 1 aromatic carbocycles. The van der Waals surface area contributed by atoms with E-state index in [9.17, 15) is 4.79 Å². The van der Waals surface area contributed by atoms with Gasteiger partial charge in [-0.25, -0.2) is 0 Å². The maximum absolute atomic E-state index is 11.7. The Kier molecular flexibility index (Phi) is 1.68. The summed E-state index contributed by atoms with van der Waals surface area (Å²) in [7, 11) is 1.45. The summed E-state index contributed by atoms with van der Waals surface area (Å²) in [5, 5.41) is 3.30. The Morgan fingerprint density at radius 2 is 2.33 bits per heavy atom. The Bertz CT molecular complexity index is 429. The second-order valence-electron chi connectivity index (χ2n) is 4.27. The predicted octanol–water partition coefficient (Wildman–Crippen LogP) is 1.19. The Hall–Kier alpha value is -1.35. The van der Waals surface area contributed by atoms with Crippen LogP contribution in [-0.2, 0) is 16.1 Å². The SMILES string of the molecule is COC(=O)[C@]12C[C@H]1c1ccccc1CN2. The highest BCUT2D eigenvalue weighted by Crippen LogP contribution is 2.55. The smallest absolute Gasteiger partial charge is 0.326 e. The van der Waals surface area contributed by atoms with Gasteiger partial charge < -0.3 is 4.74 Å². The Morgan fingerprint density at radius 1 is 1.53 bits per heavy atom. The first-order chi connectivity index (χ1) is 7.28.